The van der Waals surface area contributed by atoms with Gasteiger partial charge in [0.1, 0.15) is 11.8 Å². The zero-order valence-electron chi connectivity index (χ0n) is 18.0. The first-order valence-electron chi connectivity index (χ1n) is 10.5. The Morgan fingerprint density at radius 1 is 0.969 bits per heavy atom. The van der Waals surface area contributed by atoms with E-state index in [0.717, 1.165) is 28.2 Å². The fraction of sp³-hybridized carbons (Fsp3) is 0.154. The number of aliphatic imine (C=N–C) groups is 1. The van der Waals surface area contributed by atoms with Gasteiger partial charge in [0.15, 0.2) is 5.82 Å². The average Bonchev–Trinajstić information content (AvgIpc) is 3.31. The maximum atomic E-state index is 5.25. The average molecular weight is 424 g/mol. The Kier molecular flexibility index (Phi) is 6.82. The lowest BCUT2D eigenvalue weighted by atomic mass is 10.0. The molecule has 4 aromatic rings. The van der Waals surface area contributed by atoms with Crippen LogP contribution in [0, 0.1) is 0 Å². The molecule has 0 aliphatic carbocycles. The van der Waals surface area contributed by atoms with Gasteiger partial charge in [0.05, 0.1) is 19.4 Å². The molecular formula is C26H25N5O. The zero-order valence-corrected chi connectivity index (χ0v) is 18.0. The number of benzene rings is 3. The highest BCUT2D eigenvalue weighted by Crippen LogP contribution is 2.24. The number of aromatic nitrogens is 4. The Hall–Kier alpha value is -4.06. The summed E-state index contributed by atoms with van der Waals surface area (Å²) in [6.45, 7) is 4.48. The molecule has 0 N–H and O–H groups in total. The summed E-state index contributed by atoms with van der Waals surface area (Å²) in [5, 5.41) is 12.5. The minimum absolute atomic E-state index is 0.267. The van der Waals surface area contributed by atoms with Crippen molar-refractivity contribution in [3.05, 3.63) is 120 Å². The van der Waals surface area contributed by atoms with Crippen molar-refractivity contribution in [2.75, 3.05) is 7.11 Å². The first-order valence-corrected chi connectivity index (χ1v) is 10.5. The molecule has 0 radical (unpaired) electrons. The van der Waals surface area contributed by atoms with Crippen LogP contribution in [-0.2, 0) is 6.54 Å². The van der Waals surface area contributed by atoms with Gasteiger partial charge in [0.25, 0.3) is 0 Å². The largest absolute Gasteiger partial charge is 0.497 e. The Morgan fingerprint density at radius 3 is 2.16 bits per heavy atom. The van der Waals surface area contributed by atoms with Crippen LogP contribution in [0.1, 0.15) is 35.0 Å². The molecule has 1 heterocycles. The summed E-state index contributed by atoms with van der Waals surface area (Å²) in [6, 6.07) is 28.0. The summed E-state index contributed by atoms with van der Waals surface area (Å²) in [5.41, 5.74) is 4.06. The van der Waals surface area contributed by atoms with Crippen LogP contribution in [0.15, 0.2) is 103 Å². The molecule has 160 valence electrons. The molecule has 0 aliphatic heterocycles. The van der Waals surface area contributed by atoms with Crippen molar-refractivity contribution in [1.29, 1.82) is 0 Å². The summed E-state index contributed by atoms with van der Waals surface area (Å²) in [6.07, 6.45) is 2.47. The van der Waals surface area contributed by atoms with E-state index in [9.17, 15) is 0 Å². The number of hydrogen-bond acceptors (Lipinski definition) is 5. The Balaban J connectivity index is 1.72. The first-order chi connectivity index (χ1) is 15.8. The van der Waals surface area contributed by atoms with Crippen LogP contribution in [0.25, 0.3) is 0 Å². The van der Waals surface area contributed by atoms with Gasteiger partial charge in [-0.3, -0.25) is 4.99 Å². The minimum Gasteiger partial charge on any atom is -0.497 e. The van der Waals surface area contributed by atoms with Crippen molar-refractivity contribution in [3.63, 3.8) is 0 Å². The first kappa shape index (κ1) is 21.2. The van der Waals surface area contributed by atoms with E-state index >= 15 is 0 Å². The van der Waals surface area contributed by atoms with E-state index in [-0.39, 0.29) is 6.04 Å². The van der Waals surface area contributed by atoms with Crippen molar-refractivity contribution in [3.8, 4) is 5.75 Å². The third-order valence-corrected chi connectivity index (χ3v) is 5.12. The number of hydrogen-bond donors (Lipinski definition) is 0. The minimum atomic E-state index is -0.267. The summed E-state index contributed by atoms with van der Waals surface area (Å²) in [4.78, 5) is 5.14. The number of tetrazole rings is 1. The smallest absolute Gasteiger partial charge is 0.176 e. The lowest BCUT2D eigenvalue weighted by Crippen LogP contribution is -2.13. The third-order valence-electron chi connectivity index (χ3n) is 5.12. The SMILES string of the molecule is C=CCC(N=C(c1ccccc1)c1ccccc1)c1nnnn1Cc1ccc(OC)cc1. The molecule has 0 saturated carbocycles. The van der Waals surface area contributed by atoms with E-state index in [2.05, 4.69) is 46.4 Å². The monoisotopic (exact) mass is 423 g/mol. The van der Waals surface area contributed by atoms with E-state index in [1.54, 1.807) is 11.8 Å². The molecule has 32 heavy (non-hydrogen) atoms. The number of nitrogens with zero attached hydrogens (tertiary/aromatic N) is 5. The highest BCUT2D eigenvalue weighted by atomic mass is 16.5. The molecule has 0 aliphatic rings. The van der Waals surface area contributed by atoms with Gasteiger partial charge in [-0.15, -0.1) is 11.7 Å². The van der Waals surface area contributed by atoms with Crippen molar-refractivity contribution in [1.82, 2.24) is 20.2 Å². The van der Waals surface area contributed by atoms with Crippen molar-refractivity contribution in [2.24, 2.45) is 4.99 Å². The Labute approximate surface area is 187 Å². The van der Waals surface area contributed by atoms with Crippen LogP contribution in [0.3, 0.4) is 0 Å². The fourth-order valence-electron chi connectivity index (χ4n) is 3.50. The van der Waals surface area contributed by atoms with Crippen molar-refractivity contribution in [2.45, 2.75) is 19.0 Å². The van der Waals surface area contributed by atoms with E-state index in [1.165, 1.54) is 0 Å². The van der Waals surface area contributed by atoms with E-state index < -0.39 is 0 Å². The molecule has 0 saturated heterocycles. The topological polar surface area (TPSA) is 65.2 Å². The van der Waals surface area contributed by atoms with Crippen LogP contribution < -0.4 is 4.74 Å². The normalized spacial score (nSPS) is 11.5. The summed E-state index contributed by atoms with van der Waals surface area (Å²) in [5.74, 6) is 1.51. The predicted octanol–water partition coefficient (Wildman–Crippen LogP) is 4.88. The van der Waals surface area contributed by atoms with Crippen LogP contribution in [0.4, 0.5) is 0 Å². The maximum Gasteiger partial charge on any atom is 0.176 e. The van der Waals surface area contributed by atoms with Gasteiger partial charge in [0, 0.05) is 11.1 Å². The number of rotatable bonds is 9. The second-order valence-electron chi connectivity index (χ2n) is 7.29. The molecule has 0 bridgehead atoms. The van der Waals surface area contributed by atoms with Gasteiger partial charge in [-0.2, -0.15) is 0 Å². The van der Waals surface area contributed by atoms with E-state index in [4.69, 9.17) is 9.73 Å². The third kappa shape index (κ3) is 4.98. The zero-order chi connectivity index (χ0) is 22.2. The van der Waals surface area contributed by atoms with Gasteiger partial charge >= 0.3 is 0 Å². The molecule has 1 unspecified atom stereocenters. The van der Waals surface area contributed by atoms with E-state index in [1.807, 2.05) is 66.7 Å². The predicted molar refractivity (Wildman–Crippen MR) is 126 cm³/mol. The quantitative estimate of drug-likeness (QED) is 0.284. The molecule has 1 aromatic heterocycles. The summed E-state index contributed by atoms with van der Waals surface area (Å²) >= 11 is 0. The molecule has 6 nitrogen and oxygen atoms in total. The second kappa shape index (κ2) is 10.3. The van der Waals surface area contributed by atoms with Crippen LogP contribution in [0.2, 0.25) is 0 Å². The molecule has 1 atom stereocenters. The number of ether oxygens (including phenoxy) is 1. The fourth-order valence-corrected chi connectivity index (χ4v) is 3.50. The standard InChI is InChI=1S/C26H25N5O/c1-3-10-24(26-28-29-30-31(26)19-20-15-17-23(32-2)18-16-20)27-25(21-11-6-4-7-12-21)22-13-8-5-9-14-22/h3-9,11-18,24H,1,10,19H2,2H3. The highest BCUT2D eigenvalue weighted by Gasteiger charge is 2.20. The van der Waals surface area contributed by atoms with Crippen molar-refractivity contribution >= 4 is 5.71 Å². The summed E-state index contributed by atoms with van der Waals surface area (Å²) < 4.78 is 7.05. The van der Waals surface area contributed by atoms with Gasteiger partial charge in [0.2, 0.25) is 0 Å². The maximum absolute atomic E-state index is 5.25. The van der Waals surface area contributed by atoms with Gasteiger partial charge in [-0.25, -0.2) is 4.68 Å². The molecule has 0 spiro atoms. The lowest BCUT2D eigenvalue weighted by molar-refractivity contribution is 0.414. The van der Waals surface area contributed by atoms with E-state index in [0.29, 0.717) is 18.8 Å². The van der Waals surface area contributed by atoms with Gasteiger partial charge in [-0.05, 0) is 34.5 Å². The molecular weight excluding hydrogens is 398 g/mol. The van der Waals surface area contributed by atoms with Gasteiger partial charge in [-0.1, -0.05) is 78.9 Å². The Morgan fingerprint density at radius 2 is 1.59 bits per heavy atom. The number of methoxy groups -OCH3 is 1. The Bertz CT molecular complexity index is 1130. The van der Waals surface area contributed by atoms with Crippen LogP contribution in [0.5, 0.6) is 5.75 Å². The summed E-state index contributed by atoms with van der Waals surface area (Å²) in [7, 11) is 1.66. The van der Waals surface area contributed by atoms with Crippen LogP contribution in [-0.4, -0.2) is 33.0 Å². The molecule has 0 fully saturated rings. The second-order valence-corrected chi connectivity index (χ2v) is 7.29. The molecule has 0 amide bonds. The molecule has 3 aromatic carbocycles. The molecule has 6 heteroatoms. The van der Waals surface area contributed by atoms with Crippen LogP contribution >= 0.6 is 0 Å². The lowest BCUT2D eigenvalue weighted by Gasteiger charge is -2.15. The van der Waals surface area contributed by atoms with Crippen molar-refractivity contribution < 1.29 is 4.74 Å². The molecule has 4 rings (SSSR count). The van der Waals surface area contributed by atoms with Gasteiger partial charge < -0.3 is 4.74 Å². The highest BCUT2D eigenvalue weighted by molar-refractivity contribution is 6.12.